The van der Waals surface area contributed by atoms with Gasteiger partial charge in [0.2, 0.25) is 17.7 Å². The number of hydrogen-bond acceptors (Lipinski definition) is 7. The molecule has 3 rings (SSSR count). The molecule has 2 aromatic carbocycles. The summed E-state index contributed by atoms with van der Waals surface area (Å²) in [4.78, 5) is 55.1. The van der Waals surface area contributed by atoms with Crippen LogP contribution in [0, 0.1) is 5.92 Å². The molecule has 4 unspecified atom stereocenters. The van der Waals surface area contributed by atoms with Crippen LogP contribution in [-0.4, -0.2) is 69.6 Å². The summed E-state index contributed by atoms with van der Waals surface area (Å²) in [7, 11) is 0. The van der Waals surface area contributed by atoms with Crippen LogP contribution in [0.2, 0.25) is 0 Å². The van der Waals surface area contributed by atoms with Crippen LogP contribution in [0.1, 0.15) is 44.2 Å². The van der Waals surface area contributed by atoms with Crippen molar-refractivity contribution in [1.82, 2.24) is 20.9 Å². The van der Waals surface area contributed by atoms with E-state index in [1.807, 2.05) is 24.3 Å². The Morgan fingerprint density at radius 1 is 0.860 bits per heavy atom. The zero-order valence-corrected chi connectivity index (χ0v) is 24.5. The first-order chi connectivity index (χ1) is 20.5. The largest absolute Gasteiger partial charge is 0.508 e. The number of carboxylic acid groups (broad SMARTS) is 1. The molecule has 12 nitrogen and oxygen atoms in total. The van der Waals surface area contributed by atoms with Crippen molar-refractivity contribution in [2.75, 3.05) is 6.54 Å². The molecule has 4 atom stereocenters. The molecule has 0 bridgehead atoms. The van der Waals surface area contributed by atoms with Gasteiger partial charge in [0, 0.05) is 29.9 Å². The number of para-hydroxylation sites is 1. The summed E-state index contributed by atoms with van der Waals surface area (Å²) in [6.07, 6.45) is 3.53. The van der Waals surface area contributed by atoms with Crippen LogP contribution in [0.15, 0.2) is 54.7 Å². The highest BCUT2D eigenvalue weighted by Crippen LogP contribution is 2.19. The minimum atomic E-state index is -1.28. The molecule has 0 saturated heterocycles. The van der Waals surface area contributed by atoms with Gasteiger partial charge in [-0.1, -0.05) is 50.6 Å². The van der Waals surface area contributed by atoms with Crippen molar-refractivity contribution < 1.29 is 29.4 Å². The third-order valence-corrected chi connectivity index (χ3v) is 7.28. The number of H-pyrrole nitrogens is 1. The van der Waals surface area contributed by atoms with Gasteiger partial charge in [-0.3, -0.25) is 14.4 Å². The highest BCUT2D eigenvalue weighted by molar-refractivity contribution is 5.94. The van der Waals surface area contributed by atoms with Gasteiger partial charge < -0.3 is 42.6 Å². The summed E-state index contributed by atoms with van der Waals surface area (Å²) < 4.78 is 0. The van der Waals surface area contributed by atoms with Crippen molar-refractivity contribution in [3.05, 3.63) is 65.9 Å². The second-order valence-corrected chi connectivity index (χ2v) is 11.0. The van der Waals surface area contributed by atoms with Gasteiger partial charge in [-0.05, 0) is 54.6 Å². The smallest absolute Gasteiger partial charge is 0.326 e. The normalized spacial score (nSPS) is 14.1. The van der Waals surface area contributed by atoms with E-state index in [1.165, 1.54) is 12.1 Å². The van der Waals surface area contributed by atoms with Gasteiger partial charge in [-0.2, -0.15) is 0 Å². The number of carboxylic acids is 1. The maximum absolute atomic E-state index is 13.6. The Labute approximate surface area is 250 Å². The number of aliphatic carboxylic acids is 1. The first-order valence-electron chi connectivity index (χ1n) is 14.4. The van der Waals surface area contributed by atoms with E-state index in [0.717, 1.165) is 17.3 Å². The lowest BCUT2D eigenvalue weighted by Gasteiger charge is -2.27. The summed E-state index contributed by atoms with van der Waals surface area (Å²) in [5.74, 6) is -3.35. The van der Waals surface area contributed by atoms with E-state index in [0.29, 0.717) is 30.5 Å². The summed E-state index contributed by atoms with van der Waals surface area (Å²) in [5, 5.41) is 28.5. The summed E-state index contributed by atoms with van der Waals surface area (Å²) in [5.41, 5.74) is 13.7. The molecule has 0 radical (unpaired) electrons. The predicted molar refractivity (Wildman–Crippen MR) is 163 cm³/mol. The molecule has 0 saturated carbocycles. The van der Waals surface area contributed by atoms with E-state index < -0.39 is 47.9 Å². The maximum Gasteiger partial charge on any atom is 0.326 e. The standard InChI is InChI=1S/C31H42N6O6/c1-18(2)27(37-28(39)23(33)8-5-6-14-32)30(41)35-25(15-19-10-12-21(38)13-11-19)29(40)36-26(31(42)43)16-20-17-34-24-9-4-3-7-22(20)24/h3-4,7,9-13,17-18,23,25-27,34,38H,5-6,8,14-16,32-33H2,1-2H3,(H,35,41)(H,36,40)(H,37,39)(H,42,43). The van der Waals surface area contributed by atoms with E-state index in [-0.39, 0.29) is 24.5 Å². The molecule has 0 spiro atoms. The number of carbonyl (C=O) groups is 4. The maximum atomic E-state index is 13.6. The minimum Gasteiger partial charge on any atom is -0.508 e. The molecule has 3 amide bonds. The number of aromatic hydroxyl groups is 1. The SMILES string of the molecule is CC(C)C(NC(=O)C(N)CCCCN)C(=O)NC(Cc1ccc(O)cc1)C(=O)NC(Cc1c[nH]c2ccccc12)C(=O)O. The van der Waals surface area contributed by atoms with Crippen LogP contribution in [0.4, 0.5) is 0 Å². The van der Waals surface area contributed by atoms with Crippen molar-refractivity contribution in [2.45, 2.75) is 70.1 Å². The number of phenols is 1. The van der Waals surface area contributed by atoms with Gasteiger partial charge in [-0.25, -0.2) is 4.79 Å². The molecule has 0 aliphatic heterocycles. The number of nitrogens with one attached hydrogen (secondary N) is 4. The lowest BCUT2D eigenvalue weighted by molar-refractivity contribution is -0.142. The van der Waals surface area contributed by atoms with Gasteiger partial charge >= 0.3 is 5.97 Å². The highest BCUT2D eigenvalue weighted by atomic mass is 16.4. The van der Waals surface area contributed by atoms with Crippen LogP contribution < -0.4 is 27.4 Å². The molecule has 1 heterocycles. The number of amides is 3. The quantitative estimate of drug-likeness (QED) is 0.113. The number of fused-ring (bicyclic) bond motifs is 1. The first kappa shape index (κ1) is 33.1. The number of phenolic OH excluding ortho intramolecular Hbond substituents is 1. The Bertz CT molecular complexity index is 1390. The van der Waals surface area contributed by atoms with Gasteiger partial charge in [0.05, 0.1) is 6.04 Å². The number of rotatable bonds is 16. The van der Waals surface area contributed by atoms with Crippen LogP contribution in [0.5, 0.6) is 5.75 Å². The fourth-order valence-corrected chi connectivity index (χ4v) is 4.77. The first-order valence-corrected chi connectivity index (χ1v) is 14.4. The van der Waals surface area contributed by atoms with Gasteiger partial charge in [0.1, 0.15) is 23.9 Å². The van der Waals surface area contributed by atoms with Crippen LogP contribution in [0.25, 0.3) is 10.9 Å². The second-order valence-electron chi connectivity index (χ2n) is 11.0. The molecule has 232 valence electrons. The zero-order valence-electron chi connectivity index (χ0n) is 24.5. The van der Waals surface area contributed by atoms with Crippen molar-refractivity contribution in [3.63, 3.8) is 0 Å². The lowest BCUT2D eigenvalue weighted by Crippen LogP contribution is -2.59. The third kappa shape index (κ3) is 9.55. The minimum absolute atomic E-state index is 0.00857. The topological polar surface area (TPSA) is 213 Å². The zero-order chi connectivity index (χ0) is 31.5. The van der Waals surface area contributed by atoms with Crippen LogP contribution in [-0.2, 0) is 32.0 Å². The van der Waals surface area contributed by atoms with Crippen LogP contribution >= 0.6 is 0 Å². The molecule has 0 fully saturated rings. The fraction of sp³-hybridized carbons (Fsp3) is 0.419. The molecule has 1 aromatic heterocycles. The lowest BCUT2D eigenvalue weighted by atomic mass is 9.99. The van der Waals surface area contributed by atoms with Crippen molar-refractivity contribution in [3.8, 4) is 5.75 Å². The Hall–Kier alpha value is -4.42. The van der Waals surface area contributed by atoms with Crippen molar-refractivity contribution >= 4 is 34.6 Å². The van der Waals surface area contributed by atoms with Gasteiger partial charge in [-0.15, -0.1) is 0 Å². The molecular weight excluding hydrogens is 552 g/mol. The summed E-state index contributed by atoms with van der Waals surface area (Å²) >= 11 is 0. The molecule has 10 N–H and O–H groups in total. The molecule has 0 aliphatic carbocycles. The van der Waals surface area contributed by atoms with Gasteiger partial charge in [0.25, 0.3) is 0 Å². The Balaban J connectivity index is 1.79. The van der Waals surface area contributed by atoms with E-state index in [1.54, 1.807) is 32.2 Å². The van der Waals surface area contributed by atoms with Crippen molar-refractivity contribution in [1.29, 1.82) is 0 Å². The van der Waals surface area contributed by atoms with E-state index in [9.17, 15) is 29.4 Å². The predicted octanol–water partition coefficient (Wildman–Crippen LogP) is 1.31. The number of nitrogens with two attached hydrogens (primary N) is 2. The van der Waals surface area contributed by atoms with E-state index in [4.69, 9.17) is 11.5 Å². The summed E-state index contributed by atoms with van der Waals surface area (Å²) in [6, 6.07) is 9.26. The van der Waals surface area contributed by atoms with Gasteiger partial charge in [0.15, 0.2) is 0 Å². The third-order valence-electron chi connectivity index (χ3n) is 7.28. The second kappa shape index (κ2) is 15.7. The number of carbonyl (C=O) groups excluding carboxylic acids is 3. The molecule has 0 aliphatic rings. The summed E-state index contributed by atoms with van der Waals surface area (Å²) in [6.45, 7) is 3.99. The molecule has 12 heteroatoms. The Morgan fingerprint density at radius 2 is 1.53 bits per heavy atom. The molecular formula is C31H42N6O6. The fourth-order valence-electron chi connectivity index (χ4n) is 4.77. The van der Waals surface area contributed by atoms with Crippen molar-refractivity contribution in [2.24, 2.45) is 17.4 Å². The average Bonchev–Trinajstić information content (AvgIpc) is 3.38. The Kier molecular flexibility index (Phi) is 12.1. The van der Waals surface area contributed by atoms with Crippen LogP contribution in [0.3, 0.4) is 0 Å². The number of aromatic nitrogens is 1. The Morgan fingerprint density at radius 3 is 2.19 bits per heavy atom. The van der Waals surface area contributed by atoms with E-state index in [2.05, 4.69) is 20.9 Å². The number of benzene rings is 2. The van der Waals surface area contributed by atoms with E-state index >= 15 is 0 Å². The molecule has 43 heavy (non-hydrogen) atoms. The number of aromatic amines is 1. The number of unbranched alkanes of at least 4 members (excludes halogenated alkanes) is 1. The molecule has 3 aromatic rings. The highest BCUT2D eigenvalue weighted by Gasteiger charge is 2.32. The number of hydrogen-bond donors (Lipinski definition) is 8. The average molecular weight is 595 g/mol. The monoisotopic (exact) mass is 594 g/mol.